The number of likely N-dealkylation sites (tertiary alicyclic amines) is 1. The van der Waals surface area contributed by atoms with Crippen molar-refractivity contribution in [2.45, 2.75) is 58.5 Å². The van der Waals surface area contributed by atoms with Gasteiger partial charge in [-0.2, -0.15) is 0 Å². The third-order valence-corrected chi connectivity index (χ3v) is 5.46. The molecule has 2 N–H and O–H groups in total. The molecule has 1 unspecified atom stereocenters. The molecule has 0 saturated carbocycles. The standard InChI is InChI=1S/C17H31N5S/c1-4-16-21-15(13-23-16)12-20-17(18-3)19-9-7-11-22-10-6-5-8-14(22)2/h13-14H,4-12H2,1-3H3,(H2,18,19,20). The number of piperidine rings is 1. The second-order valence-corrected chi connectivity index (χ2v) is 7.12. The Balaban J connectivity index is 1.62. The van der Waals surface area contributed by atoms with Crippen LogP contribution in [-0.2, 0) is 13.0 Å². The van der Waals surface area contributed by atoms with Gasteiger partial charge in [0, 0.05) is 31.6 Å². The quantitative estimate of drug-likeness (QED) is 0.456. The number of hydrogen-bond donors (Lipinski definition) is 2. The van der Waals surface area contributed by atoms with Crippen LogP contribution in [0.2, 0.25) is 0 Å². The number of aliphatic imine (C=N–C) groups is 1. The summed E-state index contributed by atoms with van der Waals surface area (Å²) in [7, 11) is 1.82. The predicted octanol–water partition coefficient (Wildman–Crippen LogP) is 2.64. The normalized spacial score (nSPS) is 19.8. The van der Waals surface area contributed by atoms with Crippen molar-refractivity contribution < 1.29 is 0 Å². The van der Waals surface area contributed by atoms with E-state index in [9.17, 15) is 0 Å². The van der Waals surface area contributed by atoms with Crippen molar-refractivity contribution in [2.24, 2.45) is 4.99 Å². The first-order valence-electron chi connectivity index (χ1n) is 8.84. The lowest BCUT2D eigenvalue weighted by molar-refractivity contribution is 0.159. The molecule has 1 saturated heterocycles. The van der Waals surface area contributed by atoms with Crippen LogP contribution in [0.5, 0.6) is 0 Å². The van der Waals surface area contributed by atoms with Crippen LogP contribution in [0.15, 0.2) is 10.4 Å². The zero-order valence-electron chi connectivity index (χ0n) is 14.8. The van der Waals surface area contributed by atoms with Crippen LogP contribution >= 0.6 is 11.3 Å². The maximum Gasteiger partial charge on any atom is 0.191 e. The molecule has 23 heavy (non-hydrogen) atoms. The van der Waals surface area contributed by atoms with Crippen LogP contribution < -0.4 is 10.6 Å². The summed E-state index contributed by atoms with van der Waals surface area (Å²) in [5.41, 5.74) is 1.09. The first-order chi connectivity index (χ1) is 11.2. The van der Waals surface area contributed by atoms with Gasteiger partial charge in [-0.25, -0.2) is 4.98 Å². The van der Waals surface area contributed by atoms with Crippen molar-refractivity contribution in [2.75, 3.05) is 26.7 Å². The van der Waals surface area contributed by atoms with Crippen LogP contribution in [-0.4, -0.2) is 48.6 Å². The molecule has 6 heteroatoms. The zero-order valence-corrected chi connectivity index (χ0v) is 15.6. The van der Waals surface area contributed by atoms with Crippen molar-refractivity contribution in [1.82, 2.24) is 20.5 Å². The Hall–Kier alpha value is -1.14. The van der Waals surface area contributed by atoms with Gasteiger partial charge in [-0.3, -0.25) is 4.99 Å². The molecular formula is C17H31N5S. The average molecular weight is 338 g/mol. The number of hydrogen-bond acceptors (Lipinski definition) is 4. The largest absolute Gasteiger partial charge is 0.356 e. The van der Waals surface area contributed by atoms with Crippen molar-refractivity contribution in [3.05, 3.63) is 16.1 Å². The molecule has 0 amide bonds. The Kier molecular flexibility index (Phi) is 7.82. The van der Waals surface area contributed by atoms with Gasteiger partial charge in [0.15, 0.2) is 5.96 Å². The summed E-state index contributed by atoms with van der Waals surface area (Å²) in [6, 6.07) is 0.749. The van der Waals surface area contributed by atoms with Crippen LogP contribution in [0.3, 0.4) is 0 Å². The van der Waals surface area contributed by atoms with Gasteiger partial charge in [0.25, 0.3) is 0 Å². The molecule has 1 aromatic rings. The van der Waals surface area contributed by atoms with Crippen molar-refractivity contribution in [1.29, 1.82) is 0 Å². The molecule has 0 bridgehead atoms. The molecule has 0 aliphatic carbocycles. The molecule has 0 aromatic carbocycles. The Morgan fingerprint density at radius 3 is 3.00 bits per heavy atom. The molecule has 1 aliphatic rings. The molecular weight excluding hydrogens is 306 g/mol. The van der Waals surface area contributed by atoms with Gasteiger partial charge in [-0.05, 0) is 39.2 Å². The Morgan fingerprint density at radius 1 is 1.43 bits per heavy atom. The summed E-state index contributed by atoms with van der Waals surface area (Å²) < 4.78 is 0. The second kappa shape index (κ2) is 9.88. The third kappa shape index (κ3) is 6.11. The van der Waals surface area contributed by atoms with E-state index in [1.54, 1.807) is 11.3 Å². The van der Waals surface area contributed by atoms with E-state index < -0.39 is 0 Å². The zero-order chi connectivity index (χ0) is 16.5. The predicted molar refractivity (Wildman–Crippen MR) is 99.2 cm³/mol. The number of rotatable bonds is 7. The van der Waals surface area contributed by atoms with E-state index in [-0.39, 0.29) is 0 Å². The lowest BCUT2D eigenvalue weighted by Crippen LogP contribution is -2.41. The summed E-state index contributed by atoms with van der Waals surface area (Å²) in [4.78, 5) is 11.5. The fraction of sp³-hybridized carbons (Fsp3) is 0.765. The molecule has 1 atom stereocenters. The number of guanidine groups is 1. The summed E-state index contributed by atoms with van der Waals surface area (Å²) >= 11 is 1.73. The van der Waals surface area contributed by atoms with Crippen LogP contribution in [0.4, 0.5) is 0 Å². The van der Waals surface area contributed by atoms with Gasteiger partial charge in [-0.1, -0.05) is 13.3 Å². The Morgan fingerprint density at radius 2 is 2.30 bits per heavy atom. The lowest BCUT2D eigenvalue weighted by atomic mass is 10.0. The molecule has 1 aromatic heterocycles. The molecule has 0 radical (unpaired) electrons. The minimum atomic E-state index is 0.735. The Labute approximate surface area is 144 Å². The van der Waals surface area contributed by atoms with Crippen molar-refractivity contribution in [3.8, 4) is 0 Å². The number of aromatic nitrogens is 1. The first-order valence-corrected chi connectivity index (χ1v) is 9.72. The van der Waals surface area contributed by atoms with E-state index in [2.05, 4.69) is 44.7 Å². The fourth-order valence-electron chi connectivity index (χ4n) is 2.97. The minimum absolute atomic E-state index is 0.735. The SMILES string of the molecule is CCc1nc(CNC(=NC)NCCCN2CCCCC2C)cs1. The van der Waals surface area contributed by atoms with Gasteiger partial charge in [-0.15, -0.1) is 11.3 Å². The number of nitrogens with one attached hydrogen (secondary N) is 2. The molecule has 2 rings (SSSR count). The van der Waals surface area contributed by atoms with Crippen LogP contribution in [0, 0.1) is 0 Å². The summed E-state index contributed by atoms with van der Waals surface area (Å²) in [6.45, 7) is 8.62. The molecule has 2 heterocycles. The van der Waals surface area contributed by atoms with Gasteiger partial charge in [0.2, 0.25) is 0 Å². The van der Waals surface area contributed by atoms with Gasteiger partial charge in [0.1, 0.15) is 0 Å². The smallest absolute Gasteiger partial charge is 0.191 e. The highest BCUT2D eigenvalue weighted by molar-refractivity contribution is 7.09. The molecule has 0 spiro atoms. The van der Waals surface area contributed by atoms with E-state index in [4.69, 9.17) is 0 Å². The van der Waals surface area contributed by atoms with E-state index in [1.807, 2.05) is 7.05 Å². The molecule has 130 valence electrons. The van der Waals surface area contributed by atoms with Gasteiger partial charge in [0.05, 0.1) is 17.2 Å². The number of thiazole rings is 1. The minimum Gasteiger partial charge on any atom is -0.356 e. The van der Waals surface area contributed by atoms with Gasteiger partial charge < -0.3 is 15.5 Å². The summed E-state index contributed by atoms with van der Waals surface area (Å²) in [5, 5.41) is 10.1. The van der Waals surface area contributed by atoms with Gasteiger partial charge >= 0.3 is 0 Å². The van der Waals surface area contributed by atoms with E-state index in [0.717, 1.165) is 43.6 Å². The third-order valence-electron chi connectivity index (χ3n) is 4.42. The lowest BCUT2D eigenvalue weighted by Gasteiger charge is -2.33. The first kappa shape index (κ1) is 18.2. The van der Waals surface area contributed by atoms with Crippen molar-refractivity contribution in [3.63, 3.8) is 0 Å². The fourth-order valence-corrected chi connectivity index (χ4v) is 3.71. The summed E-state index contributed by atoms with van der Waals surface area (Å²) in [5.74, 6) is 0.864. The highest BCUT2D eigenvalue weighted by Gasteiger charge is 2.17. The highest BCUT2D eigenvalue weighted by atomic mass is 32.1. The van der Waals surface area contributed by atoms with E-state index in [1.165, 1.54) is 37.4 Å². The van der Waals surface area contributed by atoms with Crippen LogP contribution in [0.1, 0.15) is 50.2 Å². The average Bonchev–Trinajstić information content (AvgIpc) is 3.04. The summed E-state index contributed by atoms with van der Waals surface area (Å²) in [6.07, 6.45) is 6.26. The van der Waals surface area contributed by atoms with E-state index >= 15 is 0 Å². The maximum absolute atomic E-state index is 4.57. The Bertz CT molecular complexity index is 485. The molecule has 5 nitrogen and oxygen atoms in total. The highest BCUT2D eigenvalue weighted by Crippen LogP contribution is 2.16. The van der Waals surface area contributed by atoms with E-state index in [0.29, 0.717) is 0 Å². The monoisotopic (exact) mass is 337 g/mol. The topological polar surface area (TPSA) is 52.6 Å². The molecule has 1 fully saturated rings. The van der Waals surface area contributed by atoms with Crippen molar-refractivity contribution >= 4 is 17.3 Å². The van der Waals surface area contributed by atoms with Crippen LogP contribution in [0.25, 0.3) is 0 Å². The molecule has 1 aliphatic heterocycles. The second-order valence-electron chi connectivity index (χ2n) is 6.17. The maximum atomic E-state index is 4.57. The number of aryl methyl sites for hydroxylation is 1. The number of nitrogens with zero attached hydrogens (tertiary/aromatic N) is 3.